The Morgan fingerprint density at radius 1 is 1.26 bits per heavy atom. The number of nitrogens with one attached hydrogen (secondary N) is 2. The van der Waals surface area contributed by atoms with Crippen molar-refractivity contribution in [3.63, 3.8) is 0 Å². The Hall–Kier alpha value is -2.74. The van der Waals surface area contributed by atoms with E-state index in [1.807, 2.05) is 6.07 Å². The maximum atomic E-state index is 12.3. The van der Waals surface area contributed by atoms with E-state index in [2.05, 4.69) is 17.8 Å². The number of rotatable bonds is 5. The first-order valence-electron chi connectivity index (χ1n) is 8.90. The molecule has 0 fully saturated rings. The molecule has 1 aliphatic rings. The van der Waals surface area contributed by atoms with E-state index in [1.165, 1.54) is 46.0 Å². The summed E-state index contributed by atoms with van der Waals surface area (Å²) >= 11 is 1.49. The monoisotopic (exact) mass is 387 g/mol. The highest BCUT2D eigenvalue weighted by Gasteiger charge is 2.22. The maximum absolute atomic E-state index is 12.3. The summed E-state index contributed by atoms with van der Waals surface area (Å²) in [5, 5.41) is 10.6. The zero-order valence-electron chi connectivity index (χ0n) is 15.0. The van der Waals surface area contributed by atoms with Gasteiger partial charge in [0.1, 0.15) is 0 Å². The van der Waals surface area contributed by atoms with Gasteiger partial charge in [-0.1, -0.05) is 25.5 Å². The van der Waals surface area contributed by atoms with Crippen molar-refractivity contribution in [3.05, 3.63) is 61.3 Å². The van der Waals surface area contributed by atoms with Gasteiger partial charge in [-0.25, -0.2) is 0 Å². The van der Waals surface area contributed by atoms with Crippen molar-refractivity contribution in [2.24, 2.45) is 5.92 Å². The first-order valence-corrected chi connectivity index (χ1v) is 9.72. The molecule has 0 bridgehead atoms. The van der Waals surface area contributed by atoms with Crippen LogP contribution in [0.25, 0.3) is 0 Å². The van der Waals surface area contributed by atoms with Gasteiger partial charge in [-0.2, -0.15) is 0 Å². The first-order chi connectivity index (χ1) is 13.0. The minimum Gasteiger partial charge on any atom is -0.273 e. The summed E-state index contributed by atoms with van der Waals surface area (Å²) in [4.78, 5) is 36.3. The summed E-state index contributed by atoms with van der Waals surface area (Å²) in [6.45, 7) is 2.19. The predicted molar refractivity (Wildman–Crippen MR) is 103 cm³/mol. The third kappa shape index (κ3) is 4.71. The van der Waals surface area contributed by atoms with E-state index in [0.29, 0.717) is 16.4 Å². The number of non-ortho nitro benzene ring substituents is 1. The van der Waals surface area contributed by atoms with Crippen LogP contribution in [0, 0.1) is 16.0 Å². The Kier molecular flexibility index (Phi) is 5.85. The van der Waals surface area contributed by atoms with Crippen LogP contribution in [0.2, 0.25) is 0 Å². The van der Waals surface area contributed by atoms with E-state index >= 15 is 0 Å². The van der Waals surface area contributed by atoms with Gasteiger partial charge >= 0.3 is 0 Å². The van der Waals surface area contributed by atoms with Crippen molar-refractivity contribution in [1.29, 1.82) is 0 Å². The fourth-order valence-corrected chi connectivity index (χ4v) is 4.32. The number of hydrazine groups is 1. The molecule has 1 atom stereocenters. The summed E-state index contributed by atoms with van der Waals surface area (Å²) in [5.41, 5.74) is 6.70. The summed E-state index contributed by atoms with van der Waals surface area (Å²) in [6, 6.07) is 7.68. The molecule has 142 valence electrons. The van der Waals surface area contributed by atoms with Crippen molar-refractivity contribution in [3.8, 4) is 0 Å². The third-order valence-electron chi connectivity index (χ3n) is 4.81. The van der Waals surface area contributed by atoms with Crippen molar-refractivity contribution in [2.75, 3.05) is 0 Å². The molecule has 0 radical (unpaired) electrons. The smallest absolute Gasteiger partial charge is 0.273 e. The van der Waals surface area contributed by atoms with Gasteiger partial charge in [0.2, 0.25) is 5.91 Å². The van der Waals surface area contributed by atoms with E-state index in [0.717, 1.165) is 25.7 Å². The van der Waals surface area contributed by atoms with Gasteiger partial charge in [0, 0.05) is 17.0 Å². The fourth-order valence-electron chi connectivity index (χ4n) is 3.21. The number of thiophene rings is 1. The Balaban J connectivity index is 1.52. The second-order valence-electron chi connectivity index (χ2n) is 6.68. The lowest BCUT2D eigenvalue weighted by Gasteiger charge is -2.19. The molecule has 1 aromatic heterocycles. The molecule has 3 rings (SSSR count). The average molecular weight is 387 g/mol. The second-order valence-corrected chi connectivity index (χ2v) is 7.82. The van der Waals surface area contributed by atoms with Gasteiger partial charge in [-0.15, -0.1) is 11.3 Å². The summed E-state index contributed by atoms with van der Waals surface area (Å²) < 4.78 is 0. The first kappa shape index (κ1) is 19.0. The molecule has 0 saturated heterocycles. The molecule has 2 aromatic rings. The lowest BCUT2D eigenvalue weighted by molar-refractivity contribution is -0.384. The molecule has 27 heavy (non-hydrogen) atoms. The summed E-state index contributed by atoms with van der Waals surface area (Å²) in [7, 11) is 0. The van der Waals surface area contributed by atoms with E-state index < -0.39 is 4.92 Å². The van der Waals surface area contributed by atoms with E-state index in [-0.39, 0.29) is 23.9 Å². The van der Waals surface area contributed by atoms with E-state index in [4.69, 9.17) is 0 Å². The molecular formula is C19H21N3O4S. The number of fused-ring (bicyclic) bond motifs is 1. The number of hydrogen-bond donors (Lipinski definition) is 2. The standard InChI is InChI=1S/C19H21N3O4S/c1-2-12-5-8-16-14(9-12)11-17(27-16)19(24)21-20-18(23)10-13-3-6-15(7-4-13)22(25)26/h3-4,6-7,11-12H,2,5,8-10H2,1H3,(H,20,23)(H,21,24)/t12-/m1/s1. The minimum atomic E-state index is -0.493. The van der Waals surface area contributed by atoms with Crippen molar-refractivity contribution in [2.45, 2.75) is 39.0 Å². The summed E-state index contributed by atoms with van der Waals surface area (Å²) in [5.74, 6) is -0.0199. The van der Waals surface area contributed by atoms with Crippen LogP contribution in [-0.2, 0) is 24.1 Å². The molecule has 0 unspecified atom stereocenters. The Morgan fingerprint density at radius 3 is 2.67 bits per heavy atom. The number of carbonyl (C=O) groups excluding carboxylic acids is 2. The number of hydrogen-bond acceptors (Lipinski definition) is 5. The van der Waals surface area contributed by atoms with Crippen LogP contribution in [0.4, 0.5) is 5.69 Å². The Morgan fingerprint density at radius 2 is 2.00 bits per heavy atom. The third-order valence-corrected chi connectivity index (χ3v) is 6.05. The van der Waals surface area contributed by atoms with Gasteiger partial charge in [0.15, 0.2) is 0 Å². The maximum Gasteiger partial charge on any atom is 0.279 e. The molecular weight excluding hydrogens is 366 g/mol. The van der Waals surface area contributed by atoms with Gasteiger partial charge in [-0.05, 0) is 42.4 Å². The zero-order valence-corrected chi connectivity index (χ0v) is 15.8. The molecule has 1 heterocycles. The van der Waals surface area contributed by atoms with E-state index in [9.17, 15) is 19.7 Å². The van der Waals surface area contributed by atoms with Crippen LogP contribution >= 0.6 is 11.3 Å². The normalized spacial score (nSPS) is 15.7. The molecule has 0 saturated carbocycles. The largest absolute Gasteiger partial charge is 0.279 e. The highest BCUT2D eigenvalue weighted by atomic mass is 32.1. The molecule has 8 heteroatoms. The van der Waals surface area contributed by atoms with E-state index in [1.54, 1.807) is 0 Å². The number of carbonyl (C=O) groups is 2. The molecule has 7 nitrogen and oxygen atoms in total. The molecule has 2 amide bonds. The number of nitro benzene ring substituents is 1. The van der Waals surface area contributed by atoms with Crippen LogP contribution in [0.1, 0.15) is 45.4 Å². The lowest BCUT2D eigenvalue weighted by atomic mass is 9.87. The minimum absolute atomic E-state index is 0.0252. The number of benzene rings is 1. The van der Waals surface area contributed by atoms with Crippen LogP contribution in [0.5, 0.6) is 0 Å². The van der Waals surface area contributed by atoms with Crippen LogP contribution in [0.15, 0.2) is 30.3 Å². The number of amides is 2. The SMILES string of the molecule is CC[C@@H]1CCc2sc(C(=O)NNC(=O)Cc3ccc([N+](=O)[O-])cc3)cc2C1. The second kappa shape index (κ2) is 8.30. The predicted octanol–water partition coefficient (Wildman–Crippen LogP) is 3.17. The highest BCUT2D eigenvalue weighted by molar-refractivity contribution is 7.14. The molecule has 0 aliphatic heterocycles. The number of aryl methyl sites for hydroxylation is 1. The summed E-state index contributed by atoms with van der Waals surface area (Å²) in [6.07, 6.45) is 4.37. The van der Waals surface area contributed by atoms with Gasteiger partial charge < -0.3 is 0 Å². The van der Waals surface area contributed by atoms with Crippen molar-refractivity contribution >= 4 is 28.8 Å². The zero-order chi connectivity index (χ0) is 19.4. The van der Waals surface area contributed by atoms with Crippen molar-refractivity contribution < 1.29 is 14.5 Å². The number of nitrogens with zero attached hydrogens (tertiary/aromatic N) is 1. The fraction of sp³-hybridized carbons (Fsp3) is 0.368. The molecule has 0 spiro atoms. The van der Waals surface area contributed by atoms with Crippen LogP contribution in [0.3, 0.4) is 0 Å². The van der Waals surface area contributed by atoms with Crippen LogP contribution in [-0.4, -0.2) is 16.7 Å². The average Bonchev–Trinajstić information content (AvgIpc) is 3.09. The molecule has 1 aliphatic carbocycles. The van der Waals surface area contributed by atoms with Gasteiger partial charge in [0.05, 0.1) is 16.2 Å². The quantitative estimate of drug-likeness (QED) is 0.608. The lowest BCUT2D eigenvalue weighted by Crippen LogP contribution is -2.42. The highest BCUT2D eigenvalue weighted by Crippen LogP contribution is 2.33. The van der Waals surface area contributed by atoms with Crippen LogP contribution < -0.4 is 10.9 Å². The molecule has 1 aromatic carbocycles. The molecule has 2 N–H and O–H groups in total. The Bertz CT molecular complexity index is 860. The van der Waals surface area contributed by atoms with Gasteiger partial charge in [-0.3, -0.25) is 30.6 Å². The number of nitro groups is 1. The Labute approximate surface area is 160 Å². The van der Waals surface area contributed by atoms with Crippen molar-refractivity contribution in [1.82, 2.24) is 10.9 Å². The van der Waals surface area contributed by atoms with Gasteiger partial charge in [0.25, 0.3) is 11.6 Å². The topological polar surface area (TPSA) is 101 Å².